The smallest absolute Gasteiger partial charge is 0.101 e. The second kappa shape index (κ2) is 2.81. The highest BCUT2D eigenvalue weighted by molar-refractivity contribution is 5.72. The predicted octanol–water partition coefficient (Wildman–Crippen LogP) is 0.594. The van der Waals surface area contributed by atoms with Gasteiger partial charge in [-0.1, -0.05) is 0 Å². The molecule has 4 heteroatoms. The molecule has 1 rings (SSSR count). The van der Waals surface area contributed by atoms with Crippen LogP contribution in [0.2, 0.25) is 0 Å². The van der Waals surface area contributed by atoms with E-state index in [1.165, 1.54) is 12.1 Å². The van der Waals surface area contributed by atoms with Crippen molar-refractivity contribution in [1.82, 2.24) is 0 Å². The van der Waals surface area contributed by atoms with Gasteiger partial charge in [0.2, 0.25) is 0 Å². The Morgan fingerprint density at radius 1 is 1.08 bits per heavy atom. The number of hydrogen-bond acceptors (Lipinski definition) is 4. The number of rotatable bonds is 0. The Morgan fingerprint density at radius 3 is 2.25 bits per heavy atom. The summed E-state index contributed by atoms with van der Waals surface area (Å²) >= 11 is 0. The fraction of sp³-hybridized carbons (Fsp3) is 0. The van der Waals surface area contributed by atoms with Gasteiger partial charge in [0.25, 0.3) is 0 Å². The Bertz CT molecular complexity index is 395. The number of nitrogens with zero attached hydrogens (tertiary/aromatic N) is 2. The number of nitriles is 2. The first-order valence-electron chi connectivity index (χ1n) is 3.18. The van der Waals surface area contributed by atoms with E-state index in [1.807, 2.05) is 12.1 Å². The normalized spacial score (nSPS) is 8.50. The first-order valence-corrected chi connectivity index (χ1v) is 3.18. The summed E-state index contributed by atoms with van der Waals surface area (Å²) < 4.78 is 0. The van der Waals surface area contributed by atoms with Crippen LogP contribution < -0.4 is 11.5 Å². The maximum atomic E-state index is 8.57. The molecule has 0 aliphatic carbocycles. The van der Waals surface area contributed by atoms with Crippen molar-refractivity contribution >= 4 is 11.4 Å². The highest BCUT2D eigenvalue weighted by atomic mass is 14.7. The molecule has 1 aromatic carbocycles. The fourth-order valence-corrected chi connectivity index (χ4v) is 0.833. The fourth-order valence-electron chi connectivity index (χ4n) is 0.833. The van der Waals surface area contributed by atoms with Crippen molar-refractivity contribution in [1.29, 1.82) is 10.5 Å². The standard InChI is InChI=1S/C8H6N4/c9-3-5-1-6(4-10)8(12)7(11)2-5/h1-2H,11-12H2. The van der Waals surface area contributed by atoms with E-state index in [4.69, 9.17) is 22.0 Å². The van der Waals surface area contributed by atoms with Gasteiger partial charge in [-0.2, -0.15) is 10.5 Å². The first-order chi connectivity index (χ1) is 5.69. The Hall–Kier alpha value is -2.20. The van der Waals surface area contributed by atoms with E-state index in [1.54, 1.807) is 0 Å². The highest BCUT2D eigenvalue weighted by Gasteiger charge is 2.04. The van der Waals surface area contributed by atoms with E-state index >= 15 is 0 Å². The molecule has 0 aromatic heterocycles. The first kappa shape index (κ1) is 7.90. The highest BCUT2D eigenvalue weighted by Crippen LogP contribution is 2.20. The summed E-state index contributed by atoms with van der Waals surface area (Å²) in [7, 11) is 0. The van der Waals surface area contributed by atoms with E-state index in [0.29, 0.717) is 5.56 Å². The van der Waals surface area contributed by atoms with Crippen LogP contribution in [0, 0.1) is 22.7 Å². The van der Waals surface area contributed by atoms with Gasteiger partial charge in [-0.15, -0.1) is 0 Å². The Kier molecular flexibility index (Phi) is 1.85. The molecule has 0 amide bonds. The molecule has 0 saturated carbocycles. The Labute approximate surface area is 69.6 Å². The monoisotopic (exact) mass is 158 g/mol. The zero-order valence-corrected chi connectivity index (χ0v) is 6.20. The Morgan fingerprint density at radius 2 is 1.75 bits per heavy atom. The minimum absolute atomic E-state index is 0.233. The number of benzene rings is 1. The minimum Gasteiger partial charge on any atom is -0.397 e. The summed E-state index contributed by atoms with van der Waals surface area (Å²) in [6.45, 7) is 0. The zero-order valence-electron chi connectivity index (χ0n) is 6.20. The second-order valence-corrected chi connectivity index (χ2v) is 2.25. The number of nitrogen functional groups attached to an aromatic ring is 2. The van der Waals surface area contributed by atoms with Gasteiger partial charge in [0.15, 0.2) is 0 Å². The van der Waals surface area contributed by atoms with Crippen molar-refractivity contribution in [2.45, 2.75) is 0 Å². The molecule has 0 bridgehead atoms. The van der Waals surface area contributed by atoms with Crippen molar-refractivity contribution in [3.8, 4) is 12.1 Å². The average molecular weight is 158 g/mol. The molecule has 0 spiro atoms. The van der Waals surface area contributed by atoms with Crippen LogP contribution in [0.1, 0.15) is 11.1 Å². The zero-order chi connectivity index (χ0) is 9.14. The number of anilines is 2. The van der Waals surface area contributed by atoms with E-state index in [9.17, 15) is 0 Å². The summed E-state index contributed by atoms with van der Waals surface area (Å²) in [5.74, 6) is 0. The third-order valence-electron chi connectivity index (χ3n) is 1.46. The second-order valence-electron chi connectivity index (χ2n) is 2.25. The van der Waals surface area contributed by atoms with Gasteiger partial charge >= 0.3 is 0 Å². The third kappa shape index (κ3) is 1.14. The average Bonchev–Trinajstić information content (AvgIpc) is 2.09. The molecule has 0 atom stereocenters. The maximum Gasteiger partial charge on any atom is 0.101 e. The predicted molar refractivity (Wildman–Crippen MR) is 44.7 cm³/mol. The van der Waals surface area contributed by atoms with Crippen molar-refractivity contribution in [3.63, 3.8) is 0 Å². The molecule has 1 aromatic rings. The van der Waals surface area contributed by atoms with E-state index in [2.05, 4.69) is 0 Å². The molecular formula is C8H6N4. The van der Waals surface area contributed by atoms with Crippen LogP contribution in [0.4, 0.5) is 11.4 Å². The molecule has 58 valence electrons. The summed E-state index contributed by atoms with van der Waals surface area (Å²) in [5.41, 5.74) is 12.0. The molecule has 4 nitrogen and oxygen atoms in total. The van der Waals surface area contributed by atoms with Crippen molar-refractivity contribution in [2.75, 3.05) is 11.5 Å². The molecule has 0 heterocycles. The summed E-state index contributed by atoms with van der Waals surface area (Å²) in [4.78, 5) is 0. The lowest BCUT2D eigenvalue weighted by atomic mass is 10.1. The van der Waals surface area contributed by atoms with Crippen LogP contribution in [-0.2, 0) is 0 Å². The van der Waals surface area contributed by atoms with Crippen molar-refractivity contribution < 1.29 is 0 Å². The summed E-state index contributed by atoms with van der Waals surface area (Å²) in [6.07, 6.45) is 0. The van der Waals surface area contributed by atoms with Crippen LogP contribution in [0.5, 0.6) is 0 Å². The third-order valence-corrected chi connectivity index (χ3v) is 1.46. The molecule has 0 aliphatic heterocycles. The van der Waals surface area contributed by atoms with Gasteiger partial charge in [0.05, 0.1) is 28.6 Å². The van der Waals surface area contributed by atoms with E-state index < -0.39 is 0 Å². The molecule has 0 unspecified atom stereocenters. The van der Waals surface area contributed by atoms with Crippen LogP contribution in [-0.4, -0.2) is 0 Å². The number of hydrogen-bond donors (Lipinski definition) is 2. The van der Waals surface area contributed by atoms with Gasteiger partial charge in [-0.05, 0) is 12.1 Å². The maximum absolute atomic E-state index is 8.57. The molecule has 0 aliphatic rings. The van der Waals surface area contributed by atoms with Crippen LogP contribution >= 0.6 is 0 Å². The van der Waals surface area contributed by atoms with Gasteiger partial charge < -0.3 is 11.5 Å². The SMILES string of the molecule is N#Cc1cc(N)c(N)c(C#N)c1. The summed E-state index contributed by atoms with van der Waals surface area (Å²) in [6, 6.07) is 6.59. The lowest BCUT2D eigenvalue weighted by Gasteiger charge is -2.01. The molecule has 12 heavy (non-hydrogen) atoms. The van der Waals surface area contributed by atoms with Crippen LogP contribution in [0.25, 0.3) is 0 Å². The molecular weight excluding hydrogens is 152 g/mol. The lowest BCUT2D eigenvalue weighted by Crippen LogP contribution is -1.98. The van der Waals surface area contributed by atoms with Crippen molar-refractivity contribution in [2.24, 2.45) is 0 Å². The molecule has 0 saturated heterocycles. The van der Waals surface area contributed by atoms with Crippen LogP contribution in [0.15, 0.2) is 12.1 Å². The lowest BCUT2D eigenvalue weighted by molar-refractivity contribution is 1.45. The minimum atomic E-state index is 0.233. The van der Waals surface area contributed by atoms with Crippen molar-refractivity contribution in [3.05, 3.63) is 23.3 Å². The van der Waals surface area contributed by atoms with Gasteiger partial charge in [0, 0.05) is 0 Å². The molecule has 4 N–H and O–H groups in total. The van der Waals surface area contributed by atoms with E-state index in [0.717, 1.165) is 0 Å². The molecule has 0 fully saturated rings. The van der Waals surface area contributed by atoms with Gasteiger partial charge in [-0.3, -0.25) is 0 Å². The summed E-state index contributed by atoms with van der Waals surface area (Å²) in [5, 5.41) is 17.1. The van der Waals surface area contributed by atoms with Crippen LogP contribution in [0.3, 0.4) is 0 Å². The van der Waals surface area contributed by atoms with E-state index in [-0.39, 0.29) is 16.9 Å². The molecule has 0 radical (unpaired) electrons. The van der Waals surface area contributed by atoms with Gasteiger partial charge in [0.1, 0.15) is 6.07 Å². The number of nitrogens with two attached hydrogens (primary N) is 2. The van der Waals surface area contributed by atoms with Gasteiger partial charge in [-0.25, -0.2) is 0 Å². The quantitative estimate of drug-likeness (QED) is 0.540. The largest absolute Gasteiger partial charge is 0.397 e. The Balaban J connectivity index is 3.44. The topological polar surface area (TPSA) is 99.6 Å².